The number of aromatic nitrogens is 1. The minimum absolute atomic E-state index is 0.0534. The quantitative estimate of drug-likeness (QED) is 0.631. The maximum atomic E-state index is 13.1. The van der Waals surface area contributed by atoms with Crippen LogP contribution in [0.15, 0.2) is 18.2 Å². The maximum Gasteiger partial charge on any atom is 0.340 e. The van der Waals surface area contributed by atoms with Crippen molar-refractivity contribution in [2.24, 2.45) is 0 Å². The van der Waals surface area contributed by atoms with E-state index < -0.39 is 29.6 Å². The highest BCUT2D eigenvalue weighted by Gasteiger charge is 2.28. The van der Waals surface area contributed by atoms with E-state index in [2.05, 4.69) is 4.98 Å². The number of ketones is 1. The summed E-state index contributed by atoms with van der Waals surface area (Å²) in [6.45, 7) is 4.62. The molecule has 1 heterocycles. The Labute approximate surface area is 154 Å². The molecule has 1 aromatic carbocycles. The molecule has 1 N–H and O–H groups in total. The number of hydrogen-bond acceptors (Lipinski definition) is 5. The van der Waals surface area contributed by atoms with Crippen LogP contribution in [0.4, 0.5) is 4.39 Å². The summed E-state index contributed by atoms with van der Waals surface area (Å²) in [4.78, 5) is 39.4. The first-order chi connectivity index (χ1) is 12.2. The Morgan fingerprint density at radius 2 is 1.85 bits per heavy atom. The molecule has 0 aliphatic carbocycles. The third kappa shape index (κ3) is 3.77. The summed E-state index contributed by atoms with van der Waals surface area (Å²) in [7, 11) is 1.24. The fourth-order valence-corrected chi connectivity index (χ4v) is 2.78. The molecule has 0 fully saturated rings. The van der Waals surface area contributed by atoms with Crippen molar-refractivity contribution in [3.8, 4) is 0 Å². The number of ether oxygens (including phenoxy) is 2. The number of aromatic amines is 1. The van der Waals surface area contributed by atoms with Gasteiger partial charge in [0.15, 0.2) is 6.10 Å². The third-order valence-electron chi connectivity index (χ3n) is 3.88. The SMILES string of the molecule is COC(=O)c1c(C)[nH]c(C(=O)[C@H](C)OC(=O)c2ccc(F)cc2Cl)c1C. The molecule has 0 saturated heterocycles. The highest BCUT2D eigenvalue weighted by Crippen LogP contribution is 2.22. The Kier molecular flexibility index (Phi) is 5.82. The van der Waals surface area contributed by atoms with Gasteiger partial charge >= 0.3 is 11.9 Å². The fourth-order valence-electron chi connectivity index (χ4n) is 2.54. The number of carbonyl (C=O) groups is 3. The van der Waals surface area contributed by atoms with Crippen molar-refractivity contribution in [1.29, 1.82) is 0 Å². The van der Waals surface area contributed by atoms with Gasteiger partial charge in [-0.15, -0.1) is 0 Å². The first kappa shape index (κ1) is 19.7. The van der Waals surface area contributed by atoms with Gasteiger partial charge in [0.2, 0.25) is 5.78 Å². The summed E-state index contributed by atoms with van der Waals surface area (Å²) in [6.07, 6.45) is -1.15. The molecule has 1 aromatic heterocycles. The molecule has 1 atom stereocenters. The Morgan fingerprint density at radius 1 is 1.19 bits per heavy atom. The second-order valence-electron chi connectivity index (χ2n) is 5.65. The number of nitrogens with one attached hydrogen (secondary N) is 1. The molecule has 0 unspecified atom stereocenters. The lowest BCUT2D eigenvalue weighted by atomic mass is 10.1. The average molecular weight is 382 g/mol. The Balaban J connectivity index is 2.22. The molecule has 0 saturated carbocycles. The van der Waals surface area contributed by atoms with E-state index in [1.54, 1.807) is 13.8 Å². The van der Waals surface area contributed by atoms with Gasteiger partial charge in [-0.1, -0.05) is 11.6 Å². The van der Waals surface area contributed by atoms with Gasteiger partial charge in [-0.3, -0.25) is 4.79 Å². The van der Waals surface area contributed by atoms with Crippen LogP contribution in [0.5, 0.6) is 0 Å². The average Bonchev–Trinajstić information content (AvgIpc) is 2.87. The van der Waals surface area contributed by atoms with E-state index in [1.807, 2.05) is 0 Å². The number of carbonyl (C=O) groups excluding carboxylic acids is 3. The Hall–Kier alpha value is -2.67. The highest BCUT2D eigenvalue weighted by atomic mass is 35.5. The summed E-state index contributed by atoms with van der Waals surface area (Å²) in [5, 5.41) is -0.116. The molecule has 0 radical (unpaired) electrons. The van der Waals surface area contributed by atoms with Crippen molar-refractivity contribution in [3.63, 3.8) is 0 Å². The number of halogens is 2. The van der Waals surface area contributed by atoms with Gasteiger partial charge in [-0.25, -0.2) is 14.0 Å². The van der Waals surface area contributed by atoms with Crippen LogP contribution in [0.25, 0.3) is 0 Å². The number of hydrogen-bond donors (Lipinski definition) is 1. The number of rotatable bonds is 5. The molecule has 8 heteroatoms. The molecule has 0 aliphatic rings. The van der Waals surface area contributed by atoms with Gasteiger partial charge in [-0.2, -0.15) is 0 Å². The van der Waals surface area contributed by atoms with Crippen LogP contribution in [0.2, 0.25) is 5.02 Å². The predicted octanol–water partition coefficient (Wildman–Crippen LogP) is 3.64. The fraction of sp³-hybridized carbons (Fsp3) is 0.278. The summed E-state index contributed by atoms with van der Waals surface area (Å²) in [5.74, 6) is -2.54. The highest BCUT2D eigenvalue weighted by molar-refractivity contribution is 6.33. The van der Waals surface area contributed by atoms with Gasteiger partial charge < -0.3 is 14.5 Å². The molecule has 6 nitrogen and oxygen atoms in total. The number of methoxy groups -OCH3 is 1. The molecular formula is C18H17ClFNO5. The number of Topliss-reactive ketones (excluding diaryl/α,β-unsaturated/α-hetero) is 1. The van der Waals surface area contributed by atoms with Gasteiger partial charge in [0, 0.05) is 5.69 Å². The number of H-pyrrole nitrogens is 1. The maximum absolute atomic E-state index is 13.1. The summed E-state index contributed by atoms with van der Waals surface area (Å²) < 4.78 is 22.9. The van der Waals surface area contributed by atoms with E-state index in [9.17, 15) is 18.8 Å². The minimum Gasteiger partial charge on any atom is -0.465 e. The molecule has 0 spiro atoms. The summed E-state index contributed by atoms with van der Waals surface area (Å²) in [5.41, 5.74) is 1.23. The lowest BCUT2D eigenvalue weighted by molar-refractivity contribution is 0.0317. The lowest BCUT2D eigenvalue weighted by Gasteiger charge is -2.13. The van der Waals surface area contributed by atoms with Crippen LogP contribution in [-0.4, -0.2) is 35.9 Å². The number of esters is 2. The van der Waals surface area contributed by atoms with Crippen molar-refractivity contribution >= 4 is 29.3 Å². The normalized spacial score (nSPS) is 11.8. The van der Waals surface area contributed by atoms with E-state index in [0.29, 0.717) is 11.3 Å². The molecule has 0 bridgehead atoms. The van der Waals surface area contributed by atoms with Crippen LogP contribution in [-0.2, 0) is 9.47 Å². The second kappa shape index (κ2) is 7.70. The van der Waals surface area contributed by atoms with Crippen molar-refractivity contribution in [2.45, 2.75) is 26.9 Å². The Bertz CT molecular complexity index is 890. The number of aryl methyl sites for hydroxylation is 1. The van der Waals surface area contributed by atoms with E-state index in [4.69, 9.17) is 21.1 Å². The van der Waals surface area contributed by atoms with E-state index in [-0.39, 0.29) is 21.8 Å². The van der Waals surface area contributed by atoms with Crippen molar-refractivity contribution < 1.29 is 28.2 Å². The zero-order valence-electron chi connectivity index (χ0n) is 14.6. The van der Waals surface area contributed by atoms with Gasteiger partial charge in [0.1, 0.15) is 5.82 Å². The summed E-state index contributed by atoms with van der Waals surface area (Å²) >= 11 is 5.82. The minimum atomic E-state index is -1.15. The summed E-state index contributed by atoms with van der Waals surface area (Å²) in [6, 6.07) is 3.22. The first-order valence-corrected chi connectivity index (χ1v) is 8.02. The smallest absolute Gasteiger partial charge is 0.340 e. The molecule has 0 aliphatic heterocycles. The molecule has 2 rings (SSSR count). The van der Waals surface area contributed by atoms with Gasteiger partial charge in [0.05, 0.1) is 29.0 Å². The van der Waals surface area contributed by atoms with E-state index in [0.717, 1.165) is 12.1 Å². The monoisotopic (exact) mass is 381 g/mol. The zero-order chi connectivity index (χ0) is 19.6. The second-order valence-corrected chi connectivity index (χ2v) is 6.06. The standard InChI is InChI=1S/C18H17ClFNO5/c1-8-14(18(24)25-4)9(2)21-15(8)16(22)10(3)26-17(23)12-6-5-11(20)7-13(12)19/h5-7,10,21H,1-4H3/t10-/m0/s1. The topological polar surface area (TPSA) is 85.5 Å². The molecule has 26 heavy (non-hydrogen) atoms. The molecule has 2 aromatic rings. The largest absolute Gasteiger partial charge is 0.465 e. The number of benzene rings is 1. The third-order valence-corrected chi connectivity index (χ3v) is 4.19. The lowest BCUT2D eigenvalue weighted by Crippen LogP contribution is -2.25. The van der Waals surface area contributed by atoms with Crippen LogP contribution in [0.3, 0.4) is 0 Å². The molecule has 0 amide bonds. The first-order valence-electron chi connectivity index (χ1n) is 7.65. The molecule has 138 valence electrons. The van der Waals surface area contributed by atoms with Crippen molar-refractivity contribution in [3.05, 3.63) is 57.1 Å². The van der Waals surface area contributed by atoms with Gasteiger partial charge in [-0.05, 0) is 44.5 Å². The predicted molar refractivity (Wildman–Crippen MR) is 92.2 cm³/mol. The van der Waals surface area contributed by atoms with Crippen LogP contribution >= 0.6 is 11.6 Å². The van der Waals surface area contributed by atoms with E-state index in [1.165, 1.54) is 20.1 Å². The van der Waals surface area contributed by atoms with Crippen LogP contribution in [0.1, 0.15) is 49.4 Å². The molecular weight excluding hydrogens is 365 g/mol. The zero-order valence-corrected chi connectivity index (χ0v) is 15.4. The van der Waals surface area contributed by atoms with Gasteiger partial charge in [0.25, 0.3) is 0 Å². The van der Waals surface area contributed by atoms with Crippen LogP contribution in [0, 0.1) is 19.7 Å². The van der Waals surface area contributed by atoms with Crippen LogP contribution < -0.4 is 0 Å². The Morgan fingerprint density at radius 3 is 2.42 bits per heavy atom. The van der Waals surface area contributed by atoms with Crippen molar-refractivity contribution in [2.75, 3.05) is 7.11 Å². The van der Waals surface area contributed by atoms with Crippen molar-refractivity contribution in [1.82, 2.24) is 4.98 Å². The van der Waals surface area contributed by atoms with E-state index >= 15 is 0 Å².